The van der Waals surface area contributed by atoms with E-state index in [-0.39, 0.29) is 35.2 Å². The van der Waals surface area contributed by atoms with Crippen LogP contribution in [0, 0.1) is 11.8 Å². The lowest BCUT2D eigenvalue weighted by Gasteiger charge is -2.46. The highest BCUT2D eigenvalue weighted by Gasteiger charge is 2.61. The Morgan fingerprint density at radius 2 is 1.82 bits per heavy atom. The summed E-state index contributed by atoms with van der Waals surface area (Å²) < 4.78 is 10.3. The molecule has 0 aromatic heterocycles. The molecule has 0 amide bonds. The maximum atomic E-state index is 13.0. The summed E-state index contributed by atoms with van der Waals surface area (Å²) in [5.74, 6) is -0.645. The first-order chi connectivity index (χ1) is 16.5. The van der Waals surface area contributed by atoms with E-state index < -0.39 is 0 Å². The number of methoxy groups -OCH3 is 2. The molecule has 2 aromatic rings. The first kappa shape index (κ1) is 22.7. The molecule has 1 spiro atoms. The van der Waals surface area contributed by atoms with Crippen molar-refractivity contribution in [3.8, 4) is 0 Å². The summed E-state index contributed by atoms with van der Waals surface area (Å²) in [4.78, 5) is 28.0. The van der Waals surface area contributed by atoms with Gasteiger partial charge in [-0.15, -0.1) is 0 Å². The maximum absolute atomic E-state index is 13.0. The Hall–Kier alpha value is -3.12. The van der Waals surface area contributed by atoms with E-state index in [0.29, 0.717) is 18.4 Å². The van der Waals surface area contributed by atoms with Gasteiger partial charge in [0.2, 0.25) is 0 Å². The van der Waals surface area contributed by atoms with Gasteiger partial charge in [0.15, 0.2) is 0 Å². The number of nitrogens with zero attached hydrogens (tertiary/aromatic N) is 1. The Bertz CT molecular complexity index is 1130. The van der Waals surface area contributed by atoms with Crippen LogP contribution < -0.4 is 5.32 Å². The number of hydrogen-bond donors (Lipinski definition) is 1. The van der Waals surface area contributed by atoms with Gasteiger partial charge in [0.1, 0.15) is 0 Å². The van der Waals surface area contributed by atoms with E-state index in [1.165, 1.54) is 25.3 Å². The Morgan fingerprint density at radius 1 is 1.09 bits per heavy atom. The molecule has 0 radical (unpaired) electrons. The number of para-hydroxylation sites is 1. The minimum Gasteiger partial charge on any atom is -0.469 e. The molecule has 1 aliphatic carbocycles. The number of esters is 2. The summed E-state index contributed by atoms with van der Waals surface area (Å²) in [5.41, 5.74) is 4.94. The van der Waals surface area contributed by atoms with Gasteiger partial charge in [-0.2, -0.15) is 0 Å². The number of likely N-dealkylation sites (tertiary alicyclic amines) is 1. The Morgan fingerprint density at radius 3 is 2.56 bits per heavy atom. The van der Waals surface area contributed by atoms with Crippen molar-refractivity contribution in [2.45, 2.75) is 44.2 Å². The second kappa shape index (κ2) is 8.91. The Kier molecular flexibility index (Phi) is 5.94. The second-order valence-corrected chi connectivity index (χ2v) is 9.76. The van der Waals surface area contributed by atoms with Crippen molar-refractivity contribution in [3.63, 3.8) is 0 Å². The fourth-order valence-electron chi connectivity index (χ4n) is 6.64. The van der Waals surface area contributed by atoms with E-state index in [1.54, 1.807) is 0 Å². The number of nitrogens with one attached hydrogen (secondary N) is 1. The number of benzene rings is 2. The van der Waals surface area contributed by atoms with Crippen molar-refractivity contribution < 1.29 is 19.1 Å². The molecule has 1 saturated heterocycles. The van der Waals surface area contributed by atoms with Gasteiger partial charge in [-0.05, 0) is 42.4 Å². The molecule has 4 atom stereocenters. The third-order valence-electron chi connectivity index (χ3n) is 7.94. The van der Waals surface area contributed by atoms with Gasteiger partial charge in [-0.3, -0.25) is 9.69 Å². The zero-order chi connectivity index (χ0) is 23.9. The molecule has 34 heavy (non-hydrogen) atoms. The summed E-state index contributed by atoms with van der Waals surface area (Å²) in [7, 11) is 2.88. The fraction of sp³-hybridized carbons (Fsp3) is 0.429. The SMILES string of the molecule is COC(=O)C1=C2Nc3ccccc3[C@]23CCN(Cc2ccccc2)[C@@H]3[C@@H](CC(C)C(=O)OC)C1. The van der Waals surface area contributed by atoms with Gasteiger partial charge in [-0.1, -0.05) is 55.5 Å². The first-order valence-corrected chi connectivity index (χ1v) is 12.0. The van der Waals surface area contributed by atoms with E-state index in [4.69, 9.17) is 9.47 Å². The molecule has 1 fully saturated rings. The standard InChI is InChI=1S/C28H32N2O4/c1-18(26(31)33-2)15-20-16-21(27(32)34-3)24-28(22-11-7-8-12-23(22)29-24)13-14-30(25(20)28)17-19-9-5-4-6-10-19/h4-12,18,20,25,29H,13-17H2,1-3H3/t18?,20-,25+,28+/m0/s1. The molecule has 5 rings (SSSR count). The minimum absolute atomic E-state index is 0.103. The van der Waals surface area contributed by atoms with Crippen LogP contribution >= 0.6 is 0 Å². The van der Waals surface area contributed by atoms with Gasteiger partial charge in [0.25, 0.3) is 0 Å². The maximum Gasteiger partial charge on any atom is 0.335 e. The van der Waals surface area contributed by atoms with Crippen LogP contribution in [-0.2, 0) is 31.0 Å². The van der Waals surface area contributed by atoms with E-state index in [9.17, 15) is 9.59 Å². The predicted molar refractivity (Wildman–Crippen MR) is 130 cm³/mol. The zero-order valence-electron chi connectivity index (χ0n) is 20.0. The number of ether oxygens (including phenoxy) is 2. The third-order valence-corrected chi connectivity index (χ3v) is 7.94. The number of rotatable bonds is 6. The van der Waals surface area contributed by atoms with Crippen LogP contribution in [0.1, 0.15) is 37.3 Å². The predicted octanol–water partition coefficient (Wildman–Crippen LogP) is 4.27. The summed E-state index contributed by atoms with van der Waals surface area (Å²) in [6.07, 6.45) is 2.13. The topological polar surface area (TPSA) is 67.9 Å². The molecule has 0 saturated carbocycles. The average Bonchev–Trinajstić information content (AvgIpc) is 3.41. The summed E-state index contributed by atoms with van der Waals surface area (Å²) in [6.45, 7) is 3.67. The van der Waals surface area contributed by atoms with Crippen LogP contribution in [-0.4, -0.2) is 43.6 Å². The monoisotopic (exact) mass is 460 g/mol. The van der Waals surface area contributed by atoms with E-state index >= 15 is 0 Å². The van der Waals surface area contributed by atoms with Crippen molar-refractivity contribution >= 4 is 17.6 Å². The molecule has 6 nitrogen and oxygen atoms in total. The third kappa shape index (κ3) is 3.52. The molecule has 1 N–H and O–H groups in total. The van der Waals surface area contributed by atoms with Gasteiger partial charge < -0.3 is 14.8 Å². The van der Waals surface area contributed by atoms with Crippen LogP contribution in [0.3, 0.4) is 0 Å². The van der Waals surface area contributed by atoms with E-state index in [2.05, 4.69) is 52.7 Å². The first-order valence-electron chi connectivity index (χ1n) is 12.0. The molecule has 2 aromatic carbocycles. The molecule has 3 aliphatic rings. The highest BCUT2D eigenvalue weighted by Crippen LogP contribution is 2.59. The number of hydrogen-bond acceptors (Lipinski definition) is 6. The van der Waals surface area contributed by atoms with Gasteiger partial charge >= 0.3 is 11.9 Å². The molecule has 0 bridgehead atoms. The quantitative estimate of drug-likeness (QED) is 0.650. The molecule has 1 unspecified atom stereocenters. The van der Waals surface area contributed by atoms with Crippen LogP contribution in [0.4, 0.5) is 5.69 Å². The molecule has 178 valence electrons. The summed E-state index contributed by atoms with van der Waals surface area (Å²) in [6, 6.07) is 19.1. The minimum atomic E-state index is -0.326. The number of fused-ring (bicyclic) bond motifs is 1. The molecule has 2 aliphatic heterocycles. The Balaban J connectivity index is 1.64. The number of carbonyl (C=O) groups is 2. The summed E-state index contributed by atoms with van der Waals surface area (Å²) in [5, 5.41) is 3.62. The Labute approximate surface area is 200 Å². The highest BCUT2D eigenvalue weighted by atomic mass is 16.5. The number of carbonyl (C=O) groups excluding carboxylic acids is 2. The van der Waals surface area contributed by atoms with Crippen molar-refractivity contribution in [3.05, 3.63) is 77.0 Å². The highest BCUT2D eigenvalue weighted by molar-refractivity contribution is 5.93. The van der Waals surface area contributed by atoms with Crippen molar-refractivity contribution in [1.82, 2.24) is 4.90 Å². The van der Waals surface area contributed by atoms with Gasteiger partial charge in [-0.25, -0.2) is 4.79 Å². The zero-order valence-corrected chi connectivity index (χ0v) is 20.0. The lowest BCUT2D eigenvalue weighted by Crippen LogP contribution is -2.52. The lowest BCUT2D eigenvalue weighted by atomic mass is 9.62. The second-order valence-electron chi connectivity index (χ2n) is 9.76. The molecule has 6 heteroatoms. The lowest BCUT2D eigenvalue weighted by molar-refractivity contribution is -0.145. The largest absolute Gasteiger partial charge is 0.469 e. The molecular weight excluding hydrogens is 428 g/mol. The van der Waals surface area contributed by atoms with Gasteiger partial charge in [0, 0.05) is 30.5 Å². The number of anilines is 1. The normalized spacial score (nSPS) is 26.2. The van der Waals surface area contributed by atoms with E-state index in [0.717, 1.165) is 30.9 Å². The van der Waals surface area contributed by atoms with Crippen molar-refractivity contribution in [2.75, 3.05) is 26.1 Å². The van der Waals surface area contributed by atoms with Crippen LogP contribution in [0.5, 0.6) is 0 Å². The smallest absolute Gasteiger partial charge is 0.335 e. The molecule has 2 heterocycles. The van der Waals surface area contributed by atoms with Gasteiger partial charge in [0.05, 0.1) is 31.1 Å². The summed E-state index contributed by atoms with van der Waals surface area (Å²) >= 11 is 0. The average molecular weight is 461 g/mol. The van der Waals surface area contributed by atoms with Crippen molar-refractivity contribution in [1.29, 1.82) is 0 Å². The van der Waals surface area contributed by atoms with Crippen LogP contribution in [0.25, 0.3) is 0 Å². The van der Waals surface area contributed by atoms with Crippen molar-refractivity contribution in [2.24, 2.45) is 11.8 Å². The molecular formula is C28H32N2O4. The van der Waals surface area contributed by atoms with E-state index in [1.807, 2.05) is 19.1 Å². The fourth-order valence-corrected chi connectivity index (χ4v) is 6.64. The van der Waals surface area contributed by atoms with Crippen LogP contribution in [0.15, 0.2) is 65.9 Å². The van der Waals surface area contributed by atoms with Crippen LogP contribution in [0.2, 0.25) is 0 Å².